The SMILES string of the molecule is CCOC(=O)C(C)CCOCc1ccc([N+](=O)[O-])cc1. The first-order chi connectivity index (χ1) is 9.54. The zero-order valence-electron chi connectivity index (χ0n) is 11.7. The second-order valence-corrected chi connectivity index (χ2v) is 4.42. The first-order valence-corrected chi connectivity index (χ1v) is 6.52. The van der Waals surface area contributed by atoms with Crippen molar-refractivity contribution in [2.75, 3.05) is 13.2 Å². The molecule has 0 aliphatic heterocycles. The number of hydrogen-bond acceptors (Lipinski definition) is 5. The molecule has 0 amide bonds. The number of ether oxygens (including phenoxy) is 2. The second kappa shape index (κ2) is 8.27. The molecule has 0 radical (unpaired) electrons. The van der Waals surface area contributed by atoms with E-state index in [2.05, 4.69) is 0 Å². The highest BCUT2D eigenvalue weighted by Gasteiger charge is 2.13. The maximum atomic E-state index is 11.4. The number of carbonyl (C=O) groups is 1. The number of nitrogens with zero attached hydrogens (tertiary/aromatic N) is 1. The first kappa shape index (κ1) is 16.1. The zero-order chi connectivity index (χ0) is 15.0. The van der Waals surface area contributed by atoms with Gasteiger partial charge in [-0.1, -0.05) is 6.92 Å². The van der Waals surface area contributed by atoms with Crippen LogP contribution in [-0.4, -0.2) is 24.1 Å². The van der Waals surface area contributed by atoms with E-state index < -0.39 is 4.92 Å². The van der Waals surface area contributed by atoms with Crippen LogP contribution in [0.15, 0.2) is 24.3 Å². The van der Waals surface area contributed by atoms with Gasteiger partial charge < -0.3 is 9.47 Å². The lowest BCUT2D eigenvalue weighted by molar-refractivity contribution is -0.384. The topological polar surface area (TPSA) is 78.7 Å². The highest BCUT2D eigenvalue weighted by Crippen LogP contribution is 2.13. The molecule has 6 heteroatoms. The quantitative estimate of drug-likeness (QED) is 0.317. The van der Waals surface area contributed by atoms with E-state index >= 15 is 0 Å². The van der Waals surface area contributed by atoms with Gasteiger partial charge >= 0.3 is 5.97 Å². The number of nitro groups is 1. The summed E-state index contributed by atoms with van der Waals surface area (Å²) in [6.45, 7) is 4.76. The zero-order valence-corrected chi connectivity index (χ0v) is 11.7. The molecule has 1 aromatic carbocycles. The van der Waals surface area contributed by atoms with E-state index in [9.17, 15) is 14.9 Å². The third-order valence-corrected chi connectivity index (χ3v) is 2.80. The number of rotatable bonds is 8. The fourth-order valence-corrected chi connectivity index (χ4v) is 1.57. The molecule has 1 rings (SSSR count). The molecular formula is C14H19NO5. The smallest absolute Gasteiger partial charge is 0.308 e. The Hall–Kier alpha value is -1.95. The summed E-state index contributed by atoms with van der Waals surface area (Å²) in [4.78, 5) is 21.4. The standard InChI is InChI=1S/C14H19NO5/c1-3-20-14(16)11(2)8-9-19-10-12-4-6-13(7-5-12)15(17)18/h4-7,11H,3,8-10H2,1-2H3. The minimum Gasteiger partial charge on any atom is -0.466 e. The van der Waals surface area contributed by atoms with E-state index in [0.717, 1.165) is 5.56 Å². The van der Waals surface area contributed by atoms with Gasteiger partial charge in [0.2, 0.25) is 0 Å². The molecule has 0 bridgehead atoms. The van der Waals surface area contributed by atoms with E-state index in [1.807, 2.05) is 0 Å². The van der Waals surface area contributed by atoms with Crippen molar-refractivity contribution in [3.05, 3.63) is 39.9 Å². The number of nitro benzene ring substituents is 1. The Kier molecular flexibility index (Phi) is 6.66. The summed E-state index contributed by atoms with van der Waals surface area (Å²) < 4.78 is 10.3. The lowest BCUT2D eigenvalue weighted by Gasteiger charge is -2.10. The molecule has 0 spiro atoms. The molecule has 0 heterocycles. The van der Waals surface area contributed by atoms with Crippen LogP contribution in [0, 0.1) is 16.0 Å². The fraction of sp³-hybridized carbons (Fsp3) is 0.500. The van der Waals surface area contributed by atoms with Crippen LogP contribution in [0.2, 0.25) is 0 Å². The van der Waals surface area contributed by atoms with Gasteiger partial charge in [0.25, 0.3) is 5.69 Å². The summed E-state index contributed by atoms with van der Waals surface area (Å²) >= 11 is 0. The number of non-ortho nitro benzene ring substituents is 1. The highest BCUT2D eigenvalue weighted by atomic mass is 16.6. The maximum absolute atomic E-state index is 11.4. The first-order valence-electron chi connectivity index (χ1n) is 6.52. The van der Waals surface area contributed by atoms with Crippen LogP contribution in [0.5, 0.6) is 0 Å². The van der Waals surface area contributed by atoms with Crippen molar-refractivity contribution >= 4 is 11.7 Å². The lowest BCUT2D eigenvalue weighted by atomic mass is 10.1. The predicted octanol–water partition coefficient (Wildman–Crippen LogP) is 2.70. The number of hydrogen-bond donors (Lipinski definition) is 0. The predicted molar refractivity (Wildman–Crippen MR) is 73.2 cm³/mol. The molecule has 110 valence electrons. The molecule has 0 aliphatic carbocycles. The molecule has 0 fully saturated rings. The molecule has 1 aromatic rings. The van der Waals surface area contributed by atoms with E-state index in [4.69, 9.17) is 9.47 Å². The average molecular weight is 281 g/mol. The Balaban J connectivity index is 2.27. The Morgan fingerprint density at radius 3 is 2.55 bits per heavy atom. The van der Waals surface area contributed by atoms with Crippen molar-refractivity contribution in [1.29, 1.82) is 0 Å². The van der Waals surface area contributed by atoms with E-state index in [1.165, 1.54) is 12.1 Å². The number of benzene rings is 1. The van der Waals surface area contributed by atoms with E-state index in [-0.39, 0.29) is 17.6 Å². The monoisotopic (exact) mass is 281 g/mol. The molecule has 20 heavy (non-hydrogen) atoms. The van der Waals surface area contributed by atoms with Gasteiger partial charge in [-0.2, -0.15) is 0 Å². The lowest BCUT2D eigenvalue weighted by Crippen LogP contribution is -2.16. The Bertz CT molecular complexity index is 443. The van der Waals surface area contributed by atoms with Crippen LogP contribution >= 0.6 is 0 Å². The molecular weight excluding hydrogens is 262 g/mol. The Morgan fingerprint density at radius 1 is 1.35 bits per heavy atom. The second-order valence-electron chi connectivity index (χ2n) is 4.42. The van der Waals surface area contributed by atoms with E-state index in [0.29, 0.717) is 26.2 Å². The van der Waals surface area contributed by atoms with Gasteiger partial charge in [-0.25, -0.2) is 0 Å². The largest absolute Gasteiger partial charge is 0.466 e. The number of carbonyl (C=O) groups excluding carboxylic acids is 1. The minimum atomic E-state index is -0.439. The summed E-state index contributed by atoms with van der Waals surface area (Å²) in [5, 5.41) is 10.5. The summed E-state index contributed by atoms with van der Waals surface area (Å²) in [5.74, 6) is -0.404. The van der Waals surface area contributed by atoms with Gasteiger partial charge in [0, 0.05) is 18.7 Å². The van der Waals surface area contributed by atoms with Gasteiger partial charge in [-0.3, -0.25) is 14.9 Å². The summed E-state index contributed by atoms with van der Waals surface area (Å²) in [6, 6.07) is 6.21. The van der Waals surface area contributed by atoms with Gasteiger partial charge in [-0.05, 0) is 31.0 Å². The van der Waals surface area contributed by atoms with E-state index in [1.54, 1.807) is 26.0 Å². The van der Waals surface area contributed by atoms with Crippen molar-refractivity contribution in [2.24, 2.45) is 5.92 Å². The highest BCUT2D eigenvalue weighted by molar-refractivity contribution is 5.71. The van der Waals surface area contributed by atoms with Crippen LogP contribution < -0.4 is 0 Å². The van der Waals surface area contributed by atoms with Crippen molar-refractivity contribution in [1.82, 2.24) is 0 Å². The third kappa shape index (κ3) is 5.36. The van der Waals surface area contributed by atoms with Crippen LogP contribution in [0.25, 0.3) is 0 Å². The molecule has 1 atom stereocenters. The average Bonchev–Trinajstić information content (AvgIpc) is 2.44. The minimum absolute atomic E-state index is 0.0599. The van der Waals surface area contributed by atoms with Gasteiger partial charge in [0.15, 0.2) is 0 Å². The van der Waals surface area contributed by atoms with Gasteiger partial charge in [-0.15, -0.1) is 0 Å². The van der Waals surface area contributed by atoms with Crippen molar-refractivity contribution in [3.8, 4) is 0 Å². The number of esters is 1. The van der Waals surface area contributed by atoms with Crippen molar-refractivity contribution in [3.63, 3.8) is 0 Å². The van der Waals surface area contributed by atoms with Gasteiger partial charge in [0.05, 0.1) is 24.1 Å². The van der Waals surface area contributed by atoms with Crippen LogP contribution in [0.1, 0.15) is 25.8 Å². The molecule has 0 saturated heterocycles. The molecule has 0 N–H and O–H groups in total. The summed E-state index contributed by atoms with van der Waals surface area (Å²) in [7, 11) is 0. The van der Waals surface area contributed by atoms with Crippen molar-refractivity contribution in [2.45, 2.75) is 26.9 Å². The van der Waals surface area contributed by atoms with Crippen LogP contribution in [0.3, 0.4) is 0 Å². The fourth-order valence-electron chi connectivity index (χ4n) is 1.57. The molecule has 0 aromatic heterocycles. The molecule has 1 unspecified atom stereocenters. The molecule has 0 aliphatic rings. The summed E-state index contributed by atoms with van der Waals surface area (Å²) in [5.41, 5.74) is 0.920. The molecule has 0 saturated carbocycles. The maximum Gasteiger partial charge on any atom is 0.308 e. The normalized spacial score (nSPS) is 11.9. The van der Waals surface area contributed by atoms with Crippen LogP contribution in [-0.2, 0) is 20.9 Å². The molecule has 6 nitrogen and oxygen atoms in total. The summed E-state index contributed by atoms with van der Waals surface area (Å²) in [6.07, 6.45) is 0.589. The van der Waals surface area contributed by atoms with Crippen LogP contribution in [0.4, 0.5) is 5.69 Å². The van der Waals surface area contributed by atoms with Gasteiger partial charge in [0.1, 0.15) is 0 Å². The van der Waals surface area contributed by atoms with Crippen molar-refractivity contribution < 1.29 is 19.2 Å². The third-order valence-electron chi connectivity index (χ3n) is 2.80. The Morgan fingerprint density at radius 2 is 2.00 bits per heavy atom. The Labute approximate surface area is 117 Å².